The quantitative estimate of drug-likeness (QED) is 0.684. The van der Waals surface area contributed by atoms with Crippen molar-refractivity contribution in [2.45, 2.75) is 32.7 Å². The lowest BCUT2D eigenvalue weighted by molar-refractivity contribution is 0.503. The molecular formula is C13H19NO3S2. The third kappa shape index (κ3) is 3.87. The molecule has 2 rings (SSSR count). The van der Waals surface area contributed by atoms with Crippen LogP contribution >= 0.6 is 10.8 Å². The van der Waals surface area contributed by atoms with E-state index in [4.69, 9.17) is 4.55 Å². The summed E-state index contributed by atoms with van der Waals surface area (Å²) >= 11 is 0. The van der Waals surface area contributed by atoms with Gasteiger partial charge in [-0.1, -0.05) is 12.1 Å². The molecule has 0 radical (unpaired) electrons. The highest BCUT2D eigenvalue weighted by atomic mass is 33.1. The Balaban J connectivity index is 2.14. The van der Waals surface area contributed by atoms with Crippen LogP contribution in [0.3, 0.4) is 0 Å². The van der Waals surface area contributed by atoms with Crippen molar-refractivity contribution >= 4 is 25.6 Å². The number of hydrogen-bond acceptors (Lipinski definition) is 4. The Bertz CT molecular complexity index is 557. The predicted octanol–water partition coefficient (Wildman–Crippen LogP) is 2.67. The normalized spacial score (nSPS) is 19.3. The van der Waals surface area contributed by atoms with Gasteiger partial charge in [-0.15, -0.1) is 0 Å². The maximum absolute atomic E-state index is 10.8. The molecule has 1 heterocycles. The summed E-state index contributed by atoms with van der Waals surface area (Å²) in [5, 5.41) is 0. The molecule has 0 aliphatic carbocycles. The van der Waals surface area contributed by atoms with Gasteiger partial charge in [-0.2, -0.15) is 8.42 Å². The first kappa shape index (κ1) is 14.7. The molecule has 1 aromatic carbocycles. The van der Waals surface area contributed by atoms with Crippen LogP contribution in [0.1, 0.15) is 24.5 Å². The van der Waals surface area contributed by atoms with Crippen molar-refractivity contribution < 1.29 is 13.0 Å². The van der Waals surface area contributed by atoms with Gasteiger partial charge in [0, 0.05) is 24.0 Å². The topological polar surface area (TPSA) is 57.6 Å². The van der Waals surface area contributed by atoms with Gasteiger partial charge in [0.2, 0.25) is 0 Å². The molecule has 0 saturated heterocycles. The van der Waals surface area contributed by atoms with E-state index in [1.54, 1.807) is 0 Å². The van der Waals surface area contributed by atoms with Crippen LogP contribution in [0.25, 0.3) is 0 Å². The van der Waals surface area contributed by atoms with Crippen LogP contribution in [-0.2, 0) is 15.6 Å². The van der Waals surface area contributed by atoms with E-state index >= 15 is 0 Å². The number of anilines is 1. The van der Waals surface area contributed by atoms with Gasteiger partial charge in [0.05, 0.1) is 0 Å². The van der Waals surface area contributed by atoms with Crippen molar-refractivity contribution in [3.05, 3.63) is 29.3 Å². The van der Waals surface area contributed by atoms with Crippen LogP contribution in [0.15, 0.2) is 18.2 Å². The first-order valence-electron chi connectivity index (χ1n) is 6.35. The van der Waals surface area contributed by atoms with E-state index in [0.29, 0.717) is 29.1 Å². The molecule has 0 amide bonds. The molecule has 1 aliphatic rings. The molecule has 0 aromatic heterocycles. The second-order valence-electron chi connectivity index (χ2n) is 4.96. The van der Waals surface area contributed by atoms with Crippen LogP contribution in [0.2, 0.25) is 0 Å². The highest BCUT2D eigenvalue weighted by Gasteiger charge is 2.23. The summed E-state index contributed by atoms with van der Waals surface area (Å²) in [6.07, 6.45) is 2.14. The second kappa shape index (κ2) is 5.73. The maximum Gasteiger partial charge on any atom is 0.319 e. The van der Waals surface area contributed by atoms with E-state index in [2.05, 4.69) is 36.9 Å². The summed E-state index contributed by atoms with van der Waals surface area (Å²) in [4.78, 5) is 2.24. The standard InChI is InChI=1S/C13H19NO3S2/c1-10-3-5-12-6-4-11(2)14(13(12)9-10)7-8-18-19(15,16)17/h3,5,9,11H,4,6-8H2,1-2H3,(H,15,16,17). The molecular weight excluding hydrogens is 282 g/mol. The number of rotatable bonds is 4. The molecule has 106 valence electrons. The lowest BCUT2D eigenvalue weighted by Gasteiger charge is -2.37. The zero-order valence-corrected chi connectivity index (χ0v) is 12.8. The van der Waals surface area contributed by atoms with Gasteiger partial charge >= 0.3 is 9.15 Å². The number of nitrogens with zero attached hydrogens (tertiary/aromatic N) is 1. The van der Waals surface area contributed by atoms with Crippen molar-refractivity contribution in [1.29, 1.82) is 0 Å². The third-order valence-corrected chi connectivity index (χ3v) is 5.52. The molecule has 1 unspecified atom stereocenters. The zero-order valence-electron chi connectivity index (χ0n) is 11.2. The molecule has 19 heavy (non-hydrogen) atoms. The zero-order chi connectivity index (χ0) is 14.0. The Hall–Kier alpha value is -0.720. The van der Waals surface area contributed by atoms with Gasteiger partial charge < -0.3 is 4.90 Å². The minimum absolute atomic E-state index is 0.372. The summed E-state index contributed by atoms with van der Waals surface area (Å²) in [5.41, 5.74) is 3.73. The number of hydrogen-bond donors (Lipinski definition) is 1. The monoisotopic (exact) mass is 301 g/mol. The smallest absolute Gasteiger partial charge is 0.319 e. The van der Waals surface area contributed by atoms with Crippen LogP contribution in [0.5, 0.6) is 0 Å². The van der Waals surface area contributed by atoms with Gasteiger partial charge in [-0.25, -0.2) is 0 Å². The Labute approximate surface area is 118 Å². The van der Waals surface area contributed by atoms with Crippen LogP contribution in [0.4, 0.5) is 5.69 Å². The number of aryl methyl sites for hydroxylation is 2. The van der Waals surface area contributed by atoms with E-state index in [0.717, 1.165) is 12.8 Å². The molecule has 6 heteroatoms. The number of benzene rings is 1. The van der Waals surface area contributed by atoms with Crippen molar-refractivity contribution in [2.24, 2.45) is 0 Å². The van der Waals surface area contributed by atoms with Crippen molar-refractivity contribution in [2.75, 3.05) is 17.2 Å². The minimum atomic E-state index is -3.94. The molecule has 0 saturated carbocycles. The van der Waals surface area contributed by atoms with Gasteiger partial charge in [0.15, 0.2) is 0 Å². The van der Waals surface area contributed by atoms with Crippen LogP contribution < -0.4 is 4.90 Å². The summed E-state index contributed by atoms with van der Waals surface area (Å²) < 4.78 is 30.3. The lowest BCUT2D eigenvalue weighted by Crippen LogP contribution is -2.39. The largest absolute Gasteiger partial charge is 0.368 e. The molecule has 4 nitrogen and oxygen atoms in total. The van der Waals surface area contributed by atoms with E-state index in [9.17, 15) is 8.42 Å². The van der Waals surface area contributed by atoms with Crippen molar-refractivity contribution in [1.82, 2.24) is 0 Å². The van der Waals surface area contributed by atoms with Gasteiger partial charge in [0.25, 0.3) is 0 Å². The van der Waals surface area contributed by atoms with E-state index in [1.807, 2.05) is 0 Å². The molecule has 1 atom stereocenters. The first-order chi connectivity index (χ1) is 8.87. The third-order valence-electron chi connectivity index (χ3n) is 3.48. The average Bonchev–Trinajstić information content (AvgIpc) is 2.30. The van der Waals surface area contributed by atoms with Crippen LogP contribution in [-0.4, -0.2) is 31.3 Å². The fraction of sp³-hybridized carbons (Fsp3) is 0.538. The highest BCUT2D eigenvalue weighted by molar-refractivity contribution is 8.69. The lowest BCUT2D eigenvalue weighted by atomic mass is 9.95. The SMILES string of the molecule is Cc1ccc2c(c1)N(CCSS(=O)(=O)O)C(C)CC2. The fourth-order valence-corrected chi connectivity index (χ4v) is 3.83. The summed E-state index contributed by atoms with van der Waals surface area (Å²) in [5.74, 6) is 0.372. The van der Waals surface area contributed by atoms with Gasteiger partial charge in [-0.3, -0.25) is 4.55 Å². The Morgan fingerprint density at radius 1 is 1.47 bits per heavy atom. The van der Waals surface area contributed by atoms with Gasteiger partial charge in [-0.05, 0) is 54.7 Å². The summed E-state index contributed by atoms with van der Waals surface area (Å²) in [6.45, 7) is 4.84. The fourth-order valence-electron chi connectivity index (χ4n) is 2.49. The molecule has 0 bridgehead atoms. The Kier molecular flexibility index (Phi) is 4.43. The van der Waals surface area contributed by atoms with E-state index in [-0.39, 0.29) is 0 Å². The van der Waals surface area contributed by atoms with E-state index < -0.39 is 9.15 Å². The Morgan fingerprint density at radius 3 is 2.89 bits per heavy atom. The molecule has 1 N–H and O–H groups in total. The van der Waals surface area contributed by atoms with Crippen molar-refractivity contribution in [3.63, 3.8) is 0 Å². The minimum Gasteiger partial charge on any atom is -0.368 e. The van der Waals surface area contributed by atoms with Gasteiger partial charge in [0.1, 0.15) is 0 Å². The summed E-state index contributed by atoms with van der Waals surface area (Å²) in [6, 6.07) is 6.82. The molecule has 1 aromatic rings. The van der Waals surface area contributed by atoms with Crippen molar-refractivity contribution in [3.8, 4) is 0 Å². The second-order valence-corrected chi connectivity index (χ2v) is 8.43. The Morgan fingerprint density at radius 2 is 2.21 bits per heavy atom. The molecule has 1 aliphatic heterocycles. The van der Waals surface area contributed by atoms with E-state index in [1.165, 1.54) is 16.8 Å². The maximum atomic E-state index is 10.8. The van der Waals surface area contributed by atoms with Crippen LogP contribution in [0, 0.1) is 6.92 Å². The number of fused-ring (bicyclic) bond motifs is 1. The highest BCUT2D eigenvalue weighted by Crippen LogP contribution is 2.31. The average molecular weight is 301 g/mol. The molecule has 0 spiro atoms. The first-order valence-corrected chi connectivity index (χ1v) is 9.29. The summed E-state index contributed by atoms with van der Waals surface area (Å²) in [7, 11) is -3.34. The molecule has 0 fully saturated rings. The predicted molar refractivity (Wildman–Crippen MR) is 80.3 cm³/mol.